The van der Waals surface area contributed by atoms with Crippen LogP contribution in [0.4, 0.5) is 5.13 Å². The number of hydrogen-bond acceptors (Lipinski definition) is 7. The van der Waals surface area contributed by atoms with Crippen molar-refractivity contribution in [3.8, 4) is 0 Å². The molecule has 0 aliphatic heterocycles. The van der Waals surface area contributed by atoms with E-state index >= 15 is 0 Å². The van der Waals surface area contributed by atoms with E-state index in [-0.39, 0.29) is 11.8 Å². The number of carbonyl (C=O) groups is 1. The minimum absolute atomic E-state index is 0.137. The molecule has 0 fully saturated rings. The number of nitrogens with two attached hydrogens (primary N) is 1. The second kappa shape index (κ2) is 6.02. The fourth-order valence-electron chi connectivity index (χ4n) is 0.856. The van der Waals surface area contributed by atoms with Crippen molar-refractivity contribution in [2.75, 3.05) is 24.7 Å². The molecule has 6 nitrogen and oxygen atoms in total. The Morgan fingerprint density at radius 2 is 2.31 bits per heavy atom. The highest BCUT2D eigenvalue weighted by Gasteiger charge is 2.13. The number of aromatic nitrogens is 2. The maximum Gasteiger partial charge on any atom is 0.237 e. The lowest BCUT2D eigenvalue weighted by Gasteiger charge is -2.07. The fourth-order valence-corrected chi connectivity index (χ4v) is 2.66. The smallest absolute Gasteiger partial charge is 0.237 e. The van der Waals surface area contributed by atoms with Gasteiger partial charge in [0.2, 0.25) is 11.0 Å². The van der Waals surface area contributed by atoms with Gasteiger partial charge in [-0.3, -0.25) is 10.2 Å². The van der Waals surface area contributed by atoms with Gasteiger partial charge in [0.1, 0.15) is 0 Å². The number of carbonyl (C=O) groups excluding carboxylic acids is 1. The summed E-state index contributed by atoms with van der Waals surface area (Å²) in [5, 5.41) is 8.89. The topological polar surface area (TPSA) is 84.1 Å². The van der Waals surface area contributed by atoms with E-state index in [4.69, 9.17) is 5.84 Å². The van der Waals surface area contributed by atoms with Crippen molar-refractivity contribution < 1.29 is 4.79 Å². The van der Waals surface area contributed by atoms with Gasteiger partial charge in [-0.05, 0) is 0 Å². The molecule has 0 radical (unpaired) electrons. The Balaban J connectivity index is 2.45. The first-order chi connectivity index (χ1) is 7.54. The van der Waals surface area contributed by atoms with Crippen LogP contribution in [0.1, 0.15) is 6.92 Å². The lowest BCUT2D eigenvalue weighted by Crippen LogP contribution is -2.35. The van der Waals surface area contributed by atoms with Gasteiger partial charge < -0.3 is 4.90 Å². The van der Waals surface area contributed by atoms with Gasteiger partial charge >= 0.3 is 0 Å². The Morgan fingerprint density at radius 1 is 1.62 bits per heavy atom. The van der Waals surface area contributed by atoms with Crippen LogP contribution < -0.4 is 16.2 Å². The third-order valence-electron chi connectivity index (χ3n) is 1.83. The number of nitrogens with one attached hydrogen (secondary N) is 1. The molecule has 1 atom stereocenters. The Bertz CT molecular complexity index is 354. The summed E-state index contributed by atoms with van der Waals surface area (Å²) in [6, 6.07) is 0. The van der Waals surface area contributed by atoms with Crippen molar-refractivity contribution in [1.82, 2.24) is 15.6 Å². The first-order valence-electron chi connectivity index (χ1n) is 4.68. The summed E-state index contributed by atoms with van der Waals surface area (Å²) in [7, 11) is 3.83. The molecule has 0 aliphatic carbocycles. The maximum absolute atomic E-state index is 11.2. The van der Waals surface area contributed by atoms with Crippen molar-refractivity contribution in [2.24, 2.45) is 11.8 Å². The first-order valence-corrected chi connectivity index (χ1v) is 6.49. The molecule has 0 saturated heterocycles. The van der Waals surface area contributed by atoms with Crippen LogP contribution in [0, 0.1) is 5.92 Å². The van der Waals surface area contributed by atoms with Gasteiger partial charge in [-0.15, -0.1) is 10.2 Å². The van der Waals surface area contributed by atoms with E-state index < -0.39 is 0 Å². The molecule has 0 bridgehead atoms. The summed E-state index contributed by atoms with van der Waals surface area (Å²) >= 11 is 3.02. The van der Waals surface area contributed by atoms with E-state index in [1.807, 2.05) is 25.9 Å². The summed E-state index contributed by atoms with van der Waals surface area (Å²) in [6.07, 6.45) is 0. The molecule has 1 rings (SSSR count). The lowest BCUT2D eigenvalue weighted by atomic mass is 10.2. The molecular formula is C8H15N5OS2. The van der Waals surface area contributed by atoms with E-state index in [9.17, 15) is 4.79 Å². The van der Waals surface area contributed by atoms with Crippen molar-refractivity contribution in [2.45, 2.75) is 11.3 Å². The van der Waals surface area contributed by atoms with Crippen LogP contribution in [0.25, 0.3) is 0 Å². The molecule has 1 aromatic heterocycles. The molecular weight excluding hydrogens is 246 g/mol. The Hall–Kier alpha value is -0.860. The van der Waals surface area contributed by atoms with Crippen LogP contribution in [-0.4, -0.2) is 36.0 Å². The van der Waals surface area contributed by atoms with E-state index in [1.165, 1.54) is 23.1 Å². The zero-order valence-electron chi connectivity index (χ0n) is 9.43. The number of hydrazine groups is 1. The highest BCUT2D eigenvalue weighted by Crippen LogP contribution is 2.28. The number of anilines is 1. The van der Waals surface area contributed by atoms with Gasteiger partial charge in [-0.2, -0.15) is 0 Å². The van der Waals surface area contributed by atoms with E-state index in [1.54, 1.807) is 0 Å². The van der Waals surface area contributed by atoms with Gasteiger partial charge in [0.15, 0.2) is 4.34 Å². The highest BCUT2D eigenvalue weighted by atomic mass is 32.2. The van der Waals surface area contributed by atoms with Gasteiger partial charge in [0.25, 0.3) is 0 Å². The van der Waals surface area contributed by atoms with E-state index in [0.29, 0.717) is 5.75 Å². The predicted molar refractivity (Wildman–Crippen MR) is 66.5 cm³/mol. The average molecular weight is 261 g/mol. The van der Waals surface area contributed by atoms with Gasteiger partial charge in [-0.25, -0.2) is 5.84 Å². The van der Waals surface area contributed by atoms with Crippen LogP contribution in [0.15, 0.2) is 4.34 Å². The second-order valence-corrected chi connectivity index (χ2v) is 5.69. The number of rotatable bonds is 5. The van der Waals surface area contributed by atoms with Crippen LogP contribution in [-0.2, 0) is 4.79 Å². The van der Waals surface area contributed by atoms with Crippen molar-refractivity contribution in [3.63, 3.8) is 0 Å². The SMILES string of the molecule is CC(CSc1nnc(N(C)C)s1)C(=O)NN. The summed E-state index contributed by atoms with van der Waals surface area (Å²) in [5.74, 6) is 5.39. The third kappa shape index (κ3) is 3.62. The lowest BCUT2D eigenvalue weighted by molar-refractivity contribution is -0.123. The maximum atomic E-state index is 11.2. The first kappa shape index (κ1) is 13.2. The minimum atomic E-state index is -0.162. The van der Waals surface area contributed by atoms with Crippen molar-refractivity contribution >= 4 is 34.1 Å². The molecule has 8 heteroatoms. The fraction of sp³-hybridized carbons (Fsp3) is 0.625. The molecule has 16 heavy (non-hydrogen) atoms. The monoisotopic (exact) mass is 261 g/mol. The quantitative estimate of drug-likeness (QED) is 0.344. The summed E-state index contributed by atoms with van der Waals surface area (Å²) in [5.41, 5.74) is 2.13. The molecule has 1 aromatic rings. The number of nitrogens with zero attached hydrogens (tertiary/aromatic N) is 3. The number of thioether (sulfide) groups is 1. The Morgan fingerprint density at radius 3 is 2.81 bits per heavy atom. The number of hydrogen-bond donors (Lipinski definition) is 2. The molecule has 1 unspecified atom stereocenters. The van der Waals surface area contributed by atoms with E-state index in [0.717, 1.165) is 9.47 Å². The summed E-state index contributed by atoms with van der Waals surface area (Å²) < 4.78 is 0.861. The molecule has 0 aliphatic rings. The normalized spacial score (nSPS) is 12.2. The summed E-state index contributed by atoms with van der Waals surface area (Å²) in [4.78, 5) is 13.1. The molecule has 0 aromatic carbocycles. The standard InChI is InChI=1S/C8H15N5OS2/c1-5(6(14)10-9)4-15-8-12-11-7(16-8)13(2)3/h5H,4,9H2,1-3H3,(H,10,14). The van der Waals surface area contributed by atoms with Crippen LogP contribution in [0.3, 0.4) is 0 Å². The van der Waals surface area contributed by atoms with Crippen LogP contribution in [0.2, 0.25) is 0 Å². The molecule has 1 heterocycles. The average Bonchev–Trinajstić information content (AvgIpc) is 2.73. The summed E-state index contributed by atoms with van der Waals surface area (Å²) in [6.45, 7) is 1.82. The Kier molecular flexibility index (Phi) is 4.97. The predicted octanol–water partition coefficient (Wildman–Crippen LogP) is 0.322. The molecule has 0 saturated carbocycles. The number of amides is 1. The molecule has 0 spiro atoms. The van der Waals surface area contributed by atoms with Crippen LogP contribution >= 0.6 is 23.1 Å². The van der Waals surface area contributed by atoms with Gasteiger partial charge in [0, 0.05) is 25.8 Å². The van der Waals surface area contributed by atoms with Crippen molar-refractivity contribution in [1.29, 1.82) is 0 Å². The zero-order chi connectivity index (χ0) is 12.1. The molecule has 90 valence electrons. The molecule has 3 N–H and O–H groups in total. The highest BCUT2D eigenvalue weighted by molar-refractivity contribution is 8.01. The van der Waals surface area contributed by atoms with Crippen molar-refractivity contribution in [3.05, 3.63) is 0 Å². The van der Waals surface area contributed by atoms with Gasteiger partial charge in [-0.1, -0.05) is 30.0 Å². The Labute approximate surface area is 103 Å². The van der Waals surface area contributed by atoms with Gasteiger partial charge in [0.05, 0.1) is 0 Å². The van der Waals surface area contributed by atoms with Crippen LogP contribution in [0.5, 0.6) is 0 Å². The largest absolute Gasteiger partial charge is 0.353 e. The minimum Gasteiger partial charge on any atom is -0.353 e. The zero-order valence-corrected chi connectivity index (χ0v) is 11.1. The second-order valence-electron chi connectivity index (χ2n) is 3.47. The third-order valence-corrected chi connectivity index (χ3v) is 4.31. The van der Waals surface area contributed by atoms with E-state index in [2.05, 4.69) is 15.6 Å². The molecule has 1 amide bonds.